The van der Waals surface area contributed by atoms with Gasteiger partial charge in [0.2, 0.25) is 0 Å². The van der Waals surface area contributed by atoms with E-state index >= 15 is 0 Å². The van der Waals surface area contributed by atoms with Crippen LogP contribution in [0.2, 0.25) is 0 Å². The van der Waals surface area contributed by atoms with Crippen molar-refractivity contribution in [3.63, 3.8) is 0 Å². The fourth-order valence-corrected chi connectivity index (χ4v) is 3.21. The highest BCUT2D eigenvalue weighted by molar-refractivity contribution is 5.88. The third-order valence-corrected chi connectivity index (χ3v) is 4.67. The molecule has 0 saturated carbocycles. The molecule has 0 amide bonds. The van der Waals surface area contributed by atoms with E-state index < -0.39 is 23.4 Å². The second-order valence-electron chi connectivity index (χ2n) is 6.63. The minimum atomic E-state index is -4.75. The SMILES string of the molecule is CCCCCc1ccc(-c2ccc3c(F)c(C(F)(F)F)ccc3c2)c(F)c1. The molecule has 0 spiro atoms. The first-order valence-corrected chi connectivity index (χ1v) is 8.89. The summed E-state index contributed by atoms with van der Waals surface area (Å²) in [5.74, 6) is -1.70. The zero-order valence-electron chi connectivity index (χ0n) is 14.8. The van der Waals surface area contributed by atoms with Crippen molar-refractivity contribution >= 4 is 10.8 Å². The normalized spacial score (nSPS) is 11.9. The Morgan fingerprint density at radius 1 is 0.852 bits per heavy atom. The molecule has 3 rings (SSSR count). The summed E-state index contributed by atoms with van der Waals surface area (Å²) in [7, 11) is 0. The number of unbranched alkanes of at least 4 members (excludes halogenated alkanes) is 2. The van der Waals surface area contributed by atoms with Crippen molar-refractivity contribution in [3.8, 4) is 11.1 Å². The van der Waals surface area contributed by atoms with Crippen LogP contribution in [0, 0.1) is 11.6 Å². The van der Waals surface area contributed by atoms with Gasteiger partial charge in [0.1, 0.15) is 11.6 Å². The number of halogens is 5. The van der Waals surface area contributed by atoms with Crippen LogP contribution >= 0.6 is 0 Å². The van der Waals surface area contributed by atoms with Crippen molar-refractivity contribution in [2.24, 2.45) is 0 Å². The molecular formula is C22H19F5. The third-order valence-electron chi connectivity index (χ3n) is 4.67. The molecule has 0 saturated heterocycles. The van der Waals surface area contributed by atoms with Crippen molar-refractivity contribution in [1.29, 1.82) is 0 Å². The lowest BCUT2D eigenvalue weighted by Gasteiger charge is -2.12. The second-order valence-corrected chi connectivity index (χ2v) is 6.63. The first-order chi connectivity index (χ1) is 12.8. The third kappa shape index (κ3) is 4.12. The van der Waals surface area contributed by atoms with Crippen LogP contribution in [-0.4, -0.2) is 0 Å². The maximum Gasteiger partial charge on any atom is 0.419 e. The summed E-state index contributed by atoms with van der Waals surface area (Å²) in [6.45, 7) is 2.10. The molecule has 0 aliphatic rings. The van der Waals surface area contributed by atoms with Gasteiger partial charge in [-0.25, -0.2) is 8.78 Å². The Kier molecular flexibility index (Phi) is 5.49. The minimum Gasteiger partial charge on any atom is -0.206 e. The highest BCUT2D eigenvalue weighted by Crippen LogP contribution is 2.36. The summed E-state index contributed by atoms with van der Waals surface area (Å²) in [4.78, 5) is 0. The standard InChI is InChI=1S/C22H19F5/c1-2-3-4-5-14-6-9-17(20(23)12-14)15-7-10-18-16(13-15)8-11-19(21(18)24)22(25,26)27/h6-13H,2-5H2,1H3. The molecule has 0 aliphatic heterocycles. The molecule has 0 aliphatic carbocycles. The van der Waals surface area contributed by atoms with Crippen LogP contribution in [0.15, 0.2) is 48.5 Å². The van der Waals surface area contributed by atoms with Crippen LogP contribution in [0.4, 0.5) is 22.0 Å². The van der Waals surface area contributed by atoms with Crippen molar-refractivity contribution < 1.29 is 22.0 Å². The van der Waals surface area contributed by atoms with Gasteiger partial charge in [0, 0.05) is 10.9 Å². The Morgan fingerprint density at radius 2 is 1.63 bits per heavy atom. The Balaban J connectivity index is 1.96. The maximum absolute atomic E-state index is 14.5. The van der Waals surface area contributed by atoms with Gasteiger partial charge in [-0.2, -0.15) is 13.2 Å². The number of fused-ring (bicyclic) bond motifs is 1. The highest BCUT2D eigenvalue weighted by Gasteiger charge is 2.34. The van der Waals surface area contributed by atoms with Gasteiger partial charge in [0.25, 0.3) is 0 Å². The van der Waals surface area contributed by atoms with E-state index in [2.05, 4.69) is 6.92 Å². The fourth-order valence-electron chi connectivity index (χ4n) is 3.21. The lowest BCUT2D eigenvalue weighted by Crippen LogP contribution is -2.08. The summed E-state index contributed by atoms with van der Waals surface area (Å²) in [5, 5.41) is 0.162. The van der Waals surface area contributed by atoms with Gasteiger partial charge in [-0.15, -0.1) is 0 Å². The molecule has 3 aromatic rings. The molecule has 142 valence electrons. The quantitative estimate of drug-likeness (QED) is 0.318. The average Bonchev–Trinajstić information content (AvgIpc) is 2.61. The highest BCUT2D eigenvalue weighted by atomic mass is 19.4. The Hall–Kier alpha value is -2.43. The van der Waals surface area contributed by atoms with Gasteiger partial charge in [-0.3, -0.25) is 0 Å². The van der Waals surface area contributed by atoms with E-state index in [1.54, 1.807) is 6.07 Å². The number of aryl methyl sites for hydroxylation is 1. The molecule has 0 atom stereocenters. The first-order valence-electron chi connectivity index (χ1n) is 8.89. The summed E-state index contributed by atoms with van der Waals surface area (Å²) < 4.78 is 67.2. The van der Waals surface area contributed by atoms with Crippen molar-refractivity contribution in [2.75, 3.05) is 0 Å². The van der Waals surface area contributed by atoms with E-state index in [0.29, 0.717) is 22.6 Å². The summed E-state index contributed by atoms with van der Waals surface area (Å²) in [6.07, 6.45) is -0.791. The van der Waals surface area contributed by atoms with Gasteiger partial charge in [0.05, 0.1) is 5.56 Å². The van der Waals surface area contributed by atoms with Crippen LogP contribution in [-0.2, 0) is 12.6 Å². The largest absolute Gasteiger partial charge is 0.419 e. The van der Waals surface area contributed by atoms with E-state index in [1.807, 2.05) is 6.07 Å². The van der Waals surface area contributed by atoms with Crippen molar-refractivity contribution in [2.45, 2.75) is 38.8 Å². The van der Waals surface area contributed by atoms with E-state index in [-0.39, 0.29) is 5.39 Å². The molecule has 3 aromatic carbocycles. The lowest BCUT2D eigenvalue weighted by molar-refractivity contribution is -0.139. The predicted molar refractivity (Wildman–Crippen MR) is 97.5 cm³/mol. The van der Waals surface area contributed by atoms with Gasteiger partial charge < -0.3 is 0 Å². The van der Waals surface area contributed by atoms with Gasteiger partial charge in [0.15, 0.2) is 0 Å². The average molecular weight is 378 g/mol. The van der Waals surface area contributed by atoms with Crippen molar-refractivity contribution in [3.05, 3.63) is 71.3 Å². The van der Waals surface area contributed by atoms with Crippen LogP contribution in [0.25, 0.3) is 21.9 Å². The molecular weight excluding hydrogens is 359 g/mol. The van der Waals surface area contributed by atoms with Crippen LogP contribution in [0.5, 0.6) is 0 Å². The van der Waals surface area contributed by atoms with Gasteiger partial charge in [-0.1, -0.05) is 50.1 Å². The molecule has 0 bridgehead atoms. The van der Waals surface area contributed by atoms with Crippen LogP contribution in [0.3, 0.4) is 0 Å². The van der Waals surface area contributed by atoms with E-state index in [1.165, 1.54) is 30.3 Å². The van der Waals surface area contributed by atoms with Crippen LogP contribution in [0.1, 0.15) is 37.3 Å². The van der Waals surface area contributed by atoms with E-state index in [4.69, 9.17) is 0 Å². The molecule has 0 fully saturated rings. The van der Waals surface area contributed by atoms with Crippen LogP contribution < -0.4 is 0 Å². The Morgan fingerprint density at radius 3 is 2.30 bits per heavy atom. The molecule has 5 heteroatoms. The number of alkyl halides is 3. The fraction of sp³-hybridized carbons (Fsp3) is 0.273. The molecule has 0 N–H and O–H groups in total. The topological polar surface area (TPSA) is 0 Å². The smallest absolute Gasteiger partial charge is 0.206 e. The molecule has 0 nitrogen and oxygen atoms in total. The molecule has 0 heterocycles. The summed E-state index contributed by atoms with van der Waals surface area (Å²) in [6, 6.07) is 11.2. The van der Waals surface area contributed by atoms with Gasteiger partial charge in [-0.05, 0) is 47.6 Å². The number of rotatable bonds is 5. The van der Waals surface area contributed by atoms with E-state index in [9.17, 15) is 22.0 Å². The summed E-state index contributed by atoms with van der Waals surface area (Å²) in [5.41, 5.74) is 0.451. The molecule has 0 aromatic heterocycles. The van der Waals surface area contributed by atoms with Crippen molar-refractivity contribution in [1.82, 2.24) is 0 Å². The minimum absolute atomic E-state index is 0.134. The first kappa shape index (κ1) is 19.3. The summed E-state index contributed by atoms with van der Waals surface area (Å²) >= 11 is 0. The Labute approximate surface area is 154 Å². The number of hydrogen-bond acceptors (Lipinski definition) is 0. The maximum atomic E-state index is 14.5. The number of hydrogen-bond donors (Lipinski definition) is 0. The zero-order valence-corrected chi connectivity index (χ0v) is 14.8. The predicted octanol–water partition coefficient (Wildman–Crippen LogP) is 7.54. The molecule has 0 radical (unpaired) electrons. The molecule has 0 unspecified atom stereocenters. The lowest BCUT2D eigenvalue weighted by atomic mass is 9.97. The molecule has 27 heavy (non-hydrogen) atoms. The number of benzene rings is 3. The monoisotopic (exact) mass is 378 g/mol. The Bertz CT molecular complexity index is 957. The second kappa shape index (κ2) is 7.67. The van der Waals surface area contributed by atoms with E-state index in [0.717, 1.165) is 31.2 Å². The van der Waals surface area contributed by atoms with Gasteiger partial charge >= 0.3 is 6.18 Å². The zero-order chi connectivity index (χ0) is 19.6.